The molecular formula is C15H18BrN7O. The predicted octanol–water partition coefficient (Wildman–Crippen LogP) is 2.61. The first-order valence-corrected chi connectivity index (χ1v) is 8.52. The van der Waals surface area contributed by atoms with Crippen molar-refractivity contribution in [3.8, 4) is 0 Å². The molecule has 0 radical (unpaired) electrons. The molecule has 2 aromatic heterocycles. The summed E-state index contributed by atoms with van der Waals surface area (Å²) in [5.74, 6) is 0.106. The molecular weight excluding hydrogens is 374 g/mol. The van der Waals surface area contributed by atoms with Crippen LogP contribution in [-0.2, 0) is 4.79 Å². The third kappa shape index (κ3) is 3.38. The maximum absolute atomic E-state index is 11.4. The van der Waals surface area contributed by atoms with E-state index in [1.165, 1.54) is 0 Å². The van der Waals surface area contributed by atoms with Crippen molar-refractivity contribution in [1.82, 2.24) is 19.2 Å². The van der Waals surface area contributed by atoms with Crippen LogP contribution in [0.1, 0.15) is 18.7 Å². The molecule has 0 saturated carbocycles. The molecule has 1 unspecified atom stereocenters. The molecule has 3 rings (SSSR count). The average molecular weight is 392 g/mol. The molecule has 1 aliphatic rings. The Balaban J connectivity index is 1.80. The van der Waals surface area contributed by atoms with Gasteiger partial charge in [-0.2, -0.15) is 0 Å². The topological polar surface area (TPSA) is 89.6 Å². The zero-order valence-corrected chi connectivity index (χ0v) is 14.9. The molecule has 24 heavy (non-hydrogen) atoms. The van der Waals surface area contributed by atoms with Crippen molar-refractivity contribution >= 4 is 27.4 Å². The molecule has 0 N–H and O–H groups in total. The quantitative estimate of drug-likeness (QED) is 0.455. The lowest BCUT2D eigenvalue weighted by Gasteiger charge is -2.35. The van der Waals surface area contributed by atoms with Gasteiger partial charge in [0.2, 0.25) is 5.91 Å². The minimum Gasteiger partial charge on any atom is -0.340 e. The number of pyridine rings is 1. The highest BCUT2D eigenvalue weighted by Crippen LogP contribution is 2.26. The van der Waals surface area contributed by atoms with Crippen molar-refractivity contribution < 1.29 is 4.79 Å². The Bertz CT molecular complexity index is 790. The number of amides is 1. The Morgan fingerprint density at radius 1 is 1.42 bits per heavy atom. The number of azide groups is 1. The highest BCUT2D eigenvalue weighted by molar-refractivity contribution is 9.10. The lowest BCUT2D eigenvalue weighted by molar-refractivity contribution is -0.130. The Hall–Kier alpha value is -2.09. The minimum atomic E-state index is -0.316. The fourth-order valence-electron chi connectivity index (χ4n) is 3.01. The van der Waals surface area contributed by atoms with Gasteiger partial charge in [-0.1, -0.05) is 5.11 Å². The molecule has 1 aliphatic heterocycles. The molecule has 3 heterocycles. The van der Waals surface area contributed by atoms with Crippen LogP contribution in [0.4, 0.5) is 0 Å². The summed E-state index contributed by atoms with van der Waals surface area (Å²) in [6.45, 7) is 5.18. The van der Waals surface area contributed by atoms with Gasteiger partial charge in [0.25, 0.3) is 0 Å². The van der Waals surface area contributed by atoms with Gasteiger partial charge in [0.05, 0.1) is 24.1 Å². The van der Waals surface area contributed by atoms with Crippen molar-refractivity contribution in [3.63, 3.8) is 0 Å². The number of aromatic nitrogens is 2. The molecule has 126 valence electrons. The van der Waals surface area contributed by atoms with Gasteiger partial charge in [-0.3, -0.25) is 9.69 Å². The van der Waals surface area contributed by atoms with Gasteiger partial charge in [0.15, 0.2) is 0 Å². The van der Waals surface area contributed by atoms with Crippen LogP contribution in [0.25, 0.3) is 16.0 Å². The second-order valence-electron chi connectivity index (χ2n) is 5.78. The first kappa shape index (κ1) is 16.8. The molecule has 2 aromatic rings. The number of carbonyl (C=O) groups excluding carboxylic acids is 1. The second-order valence-corrected chi connectivity index (χ2v) is 6.64. The van der Waals surface area contributed by atoms with E-state index in [4.69, 9.17) is 5.53 Å². The average Bonchev–Trinajstić information content (AvgIpc) is 3.06. The fourth-order valence-corrected chi connectivity index (χ4v) is 3.44. The SMILES string of the molecule is CC(=O)N1CCN(CC(N=[N+]=[N-])c2ccc(Br)c3cncn23)CC1. The summed E-state index contributed by atoms with van der Waals surface area (Å²) in [6.07, 6.45) is 3.50. The second kappa shape index (κ2) is 7.21. The molecule has 0 aromatic carbocycles. The highest BCUT2D eigenvalue weighted by atomic mass is 79.9. The first-order chi connectivity index (χ1) is 11.6. The van der Waals surface area contributed by atoms with E-state index in [2.05, 4.69) is 35.8 Å². The third-order valence-electron chi connectivity index (χ3n) is 4.34. The highest BCUT2D eigenvalue weighted by Gasteiger charge is 2.23. The molecule has 0 spiro atoms. The summed E-state index contributed by atoms with van der Waals surface area (Å²) in [7, 11) is 0. The summed E-state index contributed by atoms with van der Waals surface area (Å²) in [4.78, 5) is 22.7. The summed E-state index contributed by atoms with van der Waals surface area (Å²) >= 11 is 3.50. The zero-order valence-electron chi connectivity index (χ0n) is 13.3. The van der Waals surface area contributed by atoms with Crippen LogP contribution < -0.4 is 0 Å². The van der Waals surface area contributed by atoms with Crippen LogP contribution in [0.15, 0.2) is 34.2 Å². The Kier molecular flexibility index (Phi) is 5.03. The van der Waals surface area contributed by atoms with Crippen molar-refractivity contribution in [2.24, 2.45) is 5.11 Å². The monoisotopic (exact) mass is 391 g/mol. The molecule has 0 aliphatic carbocycles. The van der Waals surface area contributed by atoms with E-state index in [-0.39, 0.29) is 11.9 Å². The van der Waals surface area contributed by atoms with Gasteiger partial charge in [0, 0.05) is 54.7 Å². The van der Waals surface area contributed by atoms with Crippen LogP contribution >= 0.6 is 15.9 Å². The molecule has 9 heteroatoms. The van der Waals surface area contributed by atoms with Crippen molar-refractivity contribution in [2.45, 2.75) is 13.0 Å². The van der Waals surface area contributed by atoms with Crippen LogP contribution in [-0.4, -0.2) is 57.8 Å². The summed E-state index contributed by atoms with van der Waals surface area (Å²) in [5, 5.41) is 4.00. The first-order valence-electron chi connectivity index (χ1n) is 7.72. The number of hydrogen-bond donors (Lipinski definition) is 0. The normalized spacial score (nSPS) is 16.8. The maximum Gasteiger partial charge on any atom is 0.219 e. The van der Waals surface area contributed by atoms with Gasteiger partial charge in [0.1, 0.15) is 0 Å². The number of piperazine rings is 1. The number of carbonyl (C=O) groups is 1. The van der Waals surface area contributed by atoms with Gasteiger partial charge in [-0.15, -0.1) is 0 Å². The van der Waals surface area contributed by atoms with Gasteiger partial charge in [-0.25, -0.2) is 4.98 Å². The van der Waals surface area contributed by atoms with Crippen molar-refractivity contribution in [1.29, 1.82) is 0 Å². The number of imidazole rings is 1. The number of fused-ring (bicyclic) bond motifs is 1. The van der Waals surface area contributed by atoms with Crippen LogP contribution in [0.5, 0.6) is 0 Å². The van der Waals surface area contributed by atoms with E-state index in [0.717, 1.165) is 28.8 Å². The summed E-state index contributed by atoms with van der Waals surface area (Å²) < 4.78 is 2.88. The fraction of sp³-hybridized carbons (Fsp3) is 0.467. The summed E-state index contributed by atoms with van der Waals surface area (Å²) in [5.41, 5.74) is 10.8. The predicted molar refractivity (Wildman–Crippen MR) is 93.5 cm³/mol. The van der Waals surface area contributed by atoms with Gasteiger partial charge in [-0.05, 0) is 33.6 Å². The van der Waals surface area contributed by atoms with Gasteiger partial charge < -0.3 is 9.30 Å². The Morgan fingerprint density at radius 2 is 2.17 bits per heavy atom. The Morgan fingerprint density at radius 3 is 2.83 bits per heavy atom. The van der Waals surface area contributed by atoms with E-state index in [1.807, 2.05) is 21.4 Å². The third-order valence-corrected chi connectivity index (χ3v) is 5.01. The lowest BCUT2D eigenvalue weighted by Crippen LogP contribution is -2.48. The Labute approximate surface area is 147 Å². The van der Waals surface area contributed by atoms with Crippen LogP contribution in [0.3, 0.4) is 0 Å². The number of halogens is 1. The van der Waals surface area contributed by atoms with E-state index in [0.29, 0.717) is 19.6 Å². The zero-order chi connectivity index (χ0) is 17.1. The molecule has 0 bridgehead atoms. The lowest BCUT2D eigenvalue weighted by atomic mass is 10.1. The van der Waals surface area contributed by atoms with Crippen LogP contribution in [0, 0.1) is 0 Å². The molecule has 1 saturated heterocycles. The molecule has 1 amide bonds. The molecule has 1 fully saturated rings. The van der Waals surface area contributed by atoms with Crippen molar-refractivity contribution in [2.75, 3.05) is 32.7 Å². The smallest absolute Gasteiger partial charge is 0.219 e. The van der Waals surface area contributed by atoms with E-state index >= 15 is 0 Å². The van der Waals surface area contributed by atoms with Crippen LogP contribution in [0.2, 0.25) is 0 Å². The van der Waals surface area contributed by atoms with Crippen molar-refractivity contribution in [3.05, 3.63) is 45.3 Å². The van der Waals surface area contributed by atoms with E-state index < -0.39 is 0 Å². The number of hydrogen-bond acceptors (Lipinski definition) is 4. The van der Waals surface area contributed by atoms with E-state index in [9.17, 15) is 4.79 Å². The standard InChI is InChI=1S/C15H18BrN7O/c1-11(24)22-6-4-21(5-7-22)9-13(19-20-17)14-3-2-12(16)15-8-18-10-23(14)15/h2-3,8,10,13H,4-7,9H2,1H3. The summed E-state index contributed by atoms with van der Waals surface area (Å²) in [6, 6.07) is 3.58. The number of rotatable bonds is 4. The number of nitrogens with zero attached hydrogens (tertiary/aromatic N) is 7. The van der Waals surface area contributed by atoms with E-state index in [1.54, 1.807) is 19.4 Å². The molecule has 8 nitrogen and oxygen atoms in total. The largest absolute Gasteiger partial charge is 0.340 e. The molecule has 1 atom stereocenters. The minimum absolute atomic E-state index is 0.106. The maximum atomic E-state index is 11.4. The van der Waals surface area contributed by atoms with Gasteiger partial charge >= 0.3 is 0 Å².